The maximum Gasteiger partial charge on any atom is 0.0867 e. The molecule has 3 N–H and O–H groups in total. The molecule has 14 heavy (non-hydrogen) atoms. The first kappa shape index (κ1) is 12.0. The number of piperidine rings is 1. The van der Waals surface area contributed by atoms with Crippen molar-refractivity contribution in [2.75, 3.05) is 26.2 Å². The minimum absolute atomic E-state index is 0.341. The van der Waals surface area contributed by atoms with Gasteiger partial charge in [-0.3, -0.25) is 0 Å². The van der Waals surface area contributed by atoms with Gasteiger partial charge in [-0.05, 0) is 31.7 Å². The molecule has 0 aliphatic carbocycles. The molecule has 1 aliphatic rings. The smallest absolute Gasteiger partial charge is 0.0867 e. The Kier molecular flexibility index (Phi) is 3.93. The van der Waals surface area contributed by atoms with Crippen LogP contribution >= 0.6 is 0 Å². The molecule has 0 aromatic rings. The van der Waals surface area contributed by atoms with Crippen LogP contribution in [0.1, 0.15) is 27.2 Å². The number of aliphatic hydroxyl groups is 1. The summed E-state index contributed by atoms with van der Waals surface area (Å²) in [5.74, 6) is 1.55. The average molecular weight is 200 g/mol. The predicted octanol–water partition coefficient (Wildman–Crippen LogP) is 0.674. The second-order valence-corrected chi connectivity index (χ2v) is 5.18. The molecule has 1 saturated heterocycles. The fourth-order valence-electron chi connectivity index (χ4n) is 2.04. The topological polar surface area (TPSA) is 49.5 Å². The maximum absolute atomic E-state index is 9.86. The van der Waals surface area contributed by atoms with Crippen LogP contribution in [-0.4, -0.2) is 41.8 Å². The zero-order valence-corrected chi connectivity index (χ0v) is 9.66. The molecule has 0 aromatic carbocycles. The molecule has 3 atom stereocenters. The number of nitrogens with zero attached hydrogens (tertiary/aromatic N) is 1. The standard InChI is InChI=1S/C11H24N2O/c1-9-4-5-13(6-10(9)2)8-11(3,14)7-12/h9-10,14H,4-8,12H2,1-3H3. The third-order valence-corrected chi connectivity index (χ3v) is 3.42. The summed E-state index contributed by atoms with van der Waals surface area (Å²) in [6.07, 6.45) is 1.24. The van der Waals surface area contributed by atoms with Crippen molar-refractivity contribution in [3.8, 4) is 0 Å². The zero-order chi connectivity index (χ0) is 10.8. The van der Waals surface area contributed by atoms with Crippen molar-refractivity contribution in [2.24, 2.45) is 17.6 Å². The Morgan fingerprint density at radius 2 is 2.07 bits per heavy atom. The van der Waals surface area contributed by atoms with E-state index in [1.807, 2.05) is 6.92 Å². The molecule has 0 saturated carbocycles. The van der Waals surface area contributed by atoms with E-state index in [9.17, 15) is 5.11 Å². The first-order chi connectivity index (χ1) is 6.44. The molecule has 84 valence electrons. The average Bonchev–Trinajstić information content (AvgIpc) is 2.11. The van der Waals surface area contributed by atoms with Crippen molar-refractivity contribution in [3.63, 3.8) is 0 Å². The summed E-state index contributed by atoms with van der Waals surface area (Å²) in [6, 6.07) is 0. The fourth-order valence-corrected chi connectivity index (χ4v) is 2.04. The van der Waals surface area contributed by atoms with Gasteiger partial charge in [-0.25, -0.2) is 0 Å². The van der Waals surface area contributed by atoms with Gasteiger partial charge >= 0.3 is 0 Å². The highest BCUT2D eigenvalue weighted by Gasteiger charge is 2.27. The fraction of sp³-hybridized carbons (Fsp3) is 1.00. The first-order valence-corrected chi connectivity index (χ1v) is 5.59. The third-order valence-electron chi connectivity index (χ3n) is 3.42. The lowest BCUT2D eigenvalue weighted by molar-refractivity contribution is 0.00783. The lowest BCUT2D eigenvalue weighted by Gasteiger charge is -2.38. The molecular formula is C11H24N2O. The highest BCUT2D eigenvalue weighted by atomic mass is 16.3. The summed E-state index contributed by atoms with van der Waals surface area (Å²) >= 11 is 0. The summed E-state index contributed by atoms with van der Waals surface area (Å²) in [5.41, 5.74) is 4.79. The van der Waals surface area contributed by atoms with Gasteiger partial charge < -0.3 is 15.7 Å². The van der Waals surface area contributed by atoms with Crippen LogP contribution in [0.3, 0.4) is 0 Å². The zero-order valence-electron chi connectivity index (χ0n) is 9.66. The Bertz CT molecular complexity index is 182. The Labute approximate surface area is 87.3 Å². The van der Waals surface area contributed by atoms with Crippen molar-refractivity contribution in [3.05, 3.63) is 0 Å². The summed E-state index contributed by atoms with van der Waals surface area (Å²) in [7, 11) is 0. The van der Waals surface area contributed by atoms with Crippen LogP contribution in [0.2, 0.25) is 0 Å². The monoisotopic (exact) mass is 200 g/mol. The number of rotatable bonds is 3. The molecule has 0 radical (unpaired) electrons. The van der Waals surface area contributed by atoms with Gasteiger partial charge in [0.15, 0.2) is 0 Å². The van der Waals surface area contributed by atoms with Gasteiger partial charge in [0, 0.05) is 19.6 Å². The van der Waals surface area contributed by atoms with Gasteiger partial charge in [0.05, 0.1) is 5.60 Å². The number of likely N-dealkylation sites (tertiary alicyclic amines) is 1. The molecule has 0 amide bonds. The molecule has 0 bridgehead atoms. The van der Waals surface area contributed by atoms with Gasteiger partial charge in [-0.2, -0.15) is 0 Å². The lowest BCUT2D eigenvalue weighted by Crippen LogP contribution is -2.49. The molecule has 1 fully saturated rings. The number of nitrogens with two attached hydrogens (primary N) is 1. The molecule has 0 aromatic heterocycles. The van der Waals surface area contributed by atoms with E-state index in [-0.39, 0.29) is 0 Å². The van der Waals surface area contributed by atoms with Crippen molar-refractivity contribution in [1.82, 2.24) is 4.90 Å². The van der Waals surface area contributed by atoms with Crippen LogP contribution in [0.4, 0.5) is 0 Å². The Hall–Kier alpha value is -0.120. The van der Waals surface area contributed by atoms with E-state index >= 15 is 0 Å². The number of hydrogen-bond acceptors (Lipinski definition) is 3. The van der Waals surface area contributed by atoms with Gasteiger partial charge in [-0.15, -0.1) is 0 Å². The van der Waals surface area contributed by atoms with E-state index in [1.165, 1.54) is 6.42 Å². The molecule has 1 rings (SSSR count). The molecule has 3 nitrogen and oxygen atoms in total. The Morgan fingerprint density at radius 1 is 1.43 bits per heavy atom. The summed E-state index contributed by atoms with van der Waals surface area (Å²) in [6.45, 7) is 9.65. The van der Waals surface area contributed by atoms with Crippen molar-refractivity contribution < 1.29 is 5.11 Å². The normalized spacial score (nSPS) is 34.1. The van der Waals surface area contributed by atoms with E-state index in [0.717, 1.165) is 24.9 Å². The molecule has 1 heterocycles. The van der Waals surface area contributed by atoms with Crippen molar-refractivity contribution in [1.29, 1.82) is 0 Å². The van der Waals surface area contributed by atoms with E-state index in [0.29, 0.717) is 13.1 Å². The van der Waals surface area contributed by atoms with Crippen LogP contribution in [0.5, 0.6) is 0 Å². The number of β-amino-alcohol motifs (C(OH)–C–C–N with tert-alkyl or cyclic N) is 1. The van der Waals surface area contributed by atoms with Crippen LogP contribution in [0.25, 0.3) is 0 Å². The van der Waals surface area contributed by atoms with Gasteiger partial charge in [0.1, 0.15) is 0 Å². The largest absolute Gasteiger partial charge is 0.388 e. The second kappa shape index (κ2) is 4.60. The van der Waals surface area contributed by atoms with Gasteiger partial charge in [0.25, 0.3) is 0 Å². The Morgan fingerprint density at radius 3 is 2.57 bits per heavy atom. The molecule has 3 heteroatoms. The van der Waals surface area contributed by atoms with E-state index in [4.69, 9.17) is 5.73 Å². The molecule has 3 unspecified atom stereocenters. The van der Waals surface area contributed by atoms with Crippen LogP contribution in [0.15, 0.2) is 0 Å². The highest BCUT2D eigenvalue weighted by molar-refractivity contribution is 4.82. The predicted molar refractivity (Wildman–Crippen MR) is 59.1 cm³/mol. The lowest BCUT2D eigenvalue weighted by atomic mass is 9.88. The van der Waals surface area contributed by atoms with Gasteiger partial charge in [-0.1, -0.05) is 13.8 Å². The minimum Gasteiger partial charge on any atom is -0.388 e. The molecule has 0 spiro atoms. The molecular weight excluding hydrogens is 176 g/mol. The van der Waals surface area contributed by atoms with E-state index < -0.39 is 5.60 Å². The van der Waals surface area contributed by atoms with Crippen LogP contribution in [0, 0.1) is 11.8 Å². The first-order valence-electron chi connectivity index (χ1n) is 5.59. The highest BCUT2D eigenvalue weighted by Crippen LogP contribution is 2.23. The van der Waals surface area contributed by atoms with Crippen LogP contribution < -0.4 is 5.73 Å². The van der Waals surface area contributed by atoms with Crippen molar-refractivity contribution >= 4 is 0 Å². The van der Waals surface area contributed by atoms with Crippen molar-refractivity contribution in [2.45, 2.75) is 32.8 Å². The summed E-state index contributed by atoms with van der Waals surface area (Å²) in [4.78, 5) is 2.33. The maximum atomic E-state index is 9.86. The summed E-state index contributed by atoms with van der Waals surface area (Å²) in [5, 5.41) is 9.86. The Balaban J connectivity index is 2.40. The molecule has 1 aliphatic heterocycles. The second-order valence-electron chi connectivity index (χ2n) is 5.18. The van der Waals surface area contributed by atoms with Crippen LogP contribution in [-0.2, 0) is 0 Å². The summed E-state index contributed by atoms with van der Waals surface area (Å²) < 4.78 is 0. The SMILES string of the molecule is CC1CCN(CC(C)(O)CN)CC1C. The van der Waals surface area contributed by atoms with Gasteiger partial charge in [0.2, 0.25) is 0 Å². The third kappa shape index (κ3) is 3.23. The number of hydrogen-bond donors (Lipinski definition) is 2. The quantitative estimate of drug-likeness (QED) is 0.704. The van der Waals surface area contributed by atoms with E-state index in [2.05, 4.69) is 18.7 Å². The van der Waals surface area contributed by atoms with E-state index in [1.54, 1.807) is 0 Å². The minimum atomic E-state index is -0.722.